The molecule has 0 aliphatic carbocycles. The summed E-state index contributed by atoms with van der Waals surface area (Å²) in [5.74, 6) is 2.41. The highest BCUT2D eigenvalue weighted by molar-refractivity contribution is 7.80. The van der Waals surface area contributed by atoms with Crippen LogP contribution in [-0.4, -0.2) is 36.4 Å². The van der Waals surface area contributed by atoms with Crippen molar-refractivity contribution in [2.45, 2.75) is 65.7 Å². The lowest BCUT2D eigenvalue weighted by Crippen LogP contribution is -2.12. The molecule has 0 radical (unpaired) electrons. The van der Waals surface area contributed by atoms with Crippen LogP contribution in [0.2, 0.25) is 0 Å². The number of aromatic amines is 1. The molecule has 3 rings (SSSR count). The fourth-order valence-corrected chi connectivity index (χ4v) is 3.78. The third-order valence-corrected chi connectivity index (χ3v) is 5.81. The van der Waals surface area contributed by atoms with E-state index in [4.69, 9.17) is 8.92 Å². The van der Waals surface area contributed by atoms with E-state index in [0.717, 1.165) is 35.6 Å². The Morgan fingerprint density at radius 2 is 1.93 bits per heavy atom. The van der Waals surface area contributed by atoms with E-state index in [1.807, 2.05) is 35.7 Å². The molecular formula is C22H32N4O3S. The largest absolute Gasteiger partial charge is 0.490 e. The van der Waals surface area contributed by atoms with Gasteiger partial charge in [0, 0.05) is 23.6 Å². The van der Waals surface area contributed by atoms with E-state index < -0.39 is 11.1 Å². The maximum Gasteiger partial charge on any atom is 0.206 e. The normalized spacial score (nSPS) is 13.0. The minimum absolute atomic E-state index is 0.0119. The Morgan fingerprint density at radius 1 is 1.13 bits per heavy atom. The molecule has 0 fully saturated rings. The van der Waals surface area contributed by atoms with Crippen molar-refractivity contribution in [1.82, 2.24) is 19.8 Å². The van der Waals surface area contributed by atoms with Crippen molar-refractivity contribution in [2.24, 2.45) is 0 Å². The number of ether oxygens (including phenoxy) is 1. The number of benzene rings is 1. The Balaban J connectivity index is 1.57. The summed E-state index contributed by atoms with van der Waals surface area (Å²) >= 11 is -1.45. The molecule has 3 aromatic rings. The topological polar surface area (TPSA) is 81.5 Å². The van der Waals surface area contributed by atoms with Gasteiger partial charge in [-0.15, -0.1) is 10.2 Å². The first-order valence-electron chi connectivity index (χ1n) is 10.5. The van der Waals surface area contributed by atoms with Gasteiger partial charge in [-0.1, -0.05) is 40.2 Å². The second kappa shape index (κ2) is 9.64. The zero-order chi connectivity index (χ0) is 21.7. The summed E-state index contributed by atoms with van der Waals surface area (Å²) in [6.07, 6.45) is 3.37. The Hall–Kier alpha value is -2.35. The molecule has 0 amide bonds. The van der Waals surface area contributed by atoms with Crippen LogP contribution >= 0.6 is 0 Å². The highest BCUT2D eigenvalue weighted by Crippen LogP contribution is 2.29. The molecule has 0 saturated carbocycles. The molecule has 1 unspecified atom stereocenters. The van der Waals surface area contributed by atoms with Gasteiger partial charge in [-0.05, 0) is 37.5 Å². The molecule has 0 spiro atoms. The molecule has 1 atom stereocenters. The number of hydrogen-bond acceptors (Lipinski definition) is 5. The molecule has 8 heteroatoms. The van der Waals surface area contributed by atoms with Crippen molar-refractivity contribution in [1.29, 1.82) is 0 Å². The highest BCUT2D eigenvalue weighted by atomic mass is 32.2. The van der Waals surface area contributed by atoms with Crippen LogP contribution < -0.4 is 8.92 Å². The smallest absolute Gasteiger partial charge is 0.206 e. The number of H-pyrrole nitrogens is 1. The van der Waals surface area contributed by atoms with Crippen molar-refractivity contribution >= 4 is 16.7 Å². The Labute approximate surface area is 180 Å². The summed E-state index contributed by atoms with van der Waals surface area (Å²) in [5.41, 5.74) is 2.96. The van der Waals surface area contributed by atoms with Crippen LogP contribution in [-0.2, 0) is 22.9 Å². The van der Waals surface area contributed by atoms with Crippen molar-refractivity contribution < 1.29 is 13.1 Å². The zero-order valence-corrected chi connectivity index (χ0v) is 19.3. The number of unbranched alkanes of at least 4 members (excludes halogenated alkanes) is 1. The Morgan fingerprint density at radius 3 is 2.67 bits per heavy atom. The predicted molar refractivity (Wildman–Crippen MR) is 120 cm³/mol. The second-order valence-corrected chi connectivity index (χ2v) is 9.76. The van der Waals surface area contributed by atoms with E-state index in [1.54, 1.807) is 0 Å². The first-order chi connectivity index (χ1) is 14.3. The van der Waals surface area contributed by atoms with Crippen LogP contribution in [0.1, 0.15) is 64.0 Å². The molecule has 0 saturated heterocycles. The summed E-state index contributed by atoms with van der Waals surface area (Å²) in [7, 11) is 0. The Kier molecular flexibility index (Phi) is 7.18. The lowest BCUT2D eigenvalue weighted by atomic mass is 9.93. The fraction of sp³-hybridized carbons (Fsp3) is 0.545. The summed E-state index contributed by atoms with van der Waals surface area (Å²) < 4.78 is 25.9. The van der Waals surface area contributed by atoms with E-state index in [-0.39, 0.29) is 5.41 Å². The lowest BCUT2D eigenvalue weighted by molar-refractivity contribution is 0.301. The number of hydrogen-bond donors (Lipinski definition) is 1. The third-order valence-electron chi connectivity index (χ3n) is 4.82. The zero-order valence-electron chi connectivity index (χ0n) is 18.5. The van der Waals surface area contributed by atoms with Crippen molar-refractivity contribution in [2.75, 3.05) is 12.4 Å². The average Bonchev–Trinajstić information content (AvgIpc) is 3.25. The van der Waals surface area contributed by atoms with E-state index in [1.165, 1.54) is 0 Å². The van der Waals surface area contributed by atoms with E-state index in [2.05, 4.69) is 43.0 Å². The van der Waals surface area contributed by atoms with Crippen LogP contribution in [0, 0.1) is 6.92 Å². The third kappa shape index (κ3) is 5.62. The Bertz CT molecular complexity index is 1000. The summed E-state index contributed by atoms with van der Waals surface area (Å²) in [5, 5.41) is 11.9. The van der Waals surface area contributed by atoms with Gasteiger partial charge in [0.15, 0.2) is 23.0 Å². The number of fused-ring (bicyclic) bond motifs is 1. The molecule has 30 heavy (non-hydrogen) atoms. The maximum atomic E-state index is 12.5. The average molecular weight is 433 g/mol. The van der Waals surface area contributed by atoms with Crippen LogP contribution in [0.15, 0.2) is 24.3 Å². The standard InChI is InChI=1S/C22H32N4O3S/c1-6-7-12-28-17-11-10-16(2)14-18(17)29-30(27)13-8-9-20-23-24-21-15-19(22(3,4)5)25-26(20)21/h10-11,14-15,25H,6-9,12-13H2,1-5H3. The van der Waals surface area contributed by atoms with E-state index in [9.17, 15) is 4.21 Å². The molecule has 164 valence electrons. The van der Waals surface area contributed by atoms with Gasteiger partial charge in [0.2, 0.25) is 11.1 Å². The van der Waals surface area contributed by atoms with Crippen molar-refractivity contribution in [3.05, 3.63) is 41.3 Å². The number of nitrogens with zero attached hydrogens (tertiary/aromatic N) is 3. The van der Waals surface area contributed by atoms with Crippen LogP contribution in [0.4, 0.5) is 0 Å². The van der Waals surface area contributed by atoms with Gasteiger partial charge in [-0.3, -0.25) is 5.10 Å². The van der Waals surface area contributed by atoms with Gasteiger partial charge in [0.05, 0.1) is 12.4 Å². The van der Waals surface area contributed by atoms with Gasteiger partial charge >= 0.3 is 0 Å². The first kappa shape index (κ1) is 22.3. The maximum absolute atomic E-state index is 12.5. The molecule has 1 N–H and O–H groups in total. The molecule has 7 nitrogen and oxygen atoms in total. The highest BCUT2D eigenvalue weighted by Gasteiger charge is 2.19. The number of nitrogens with one attached hydrogen (secondary N) is 1. The van der Waals surface area contributed by atoms with Gasteiger partial charge in [-0.2, -0.15) is 0 Å². The first-order valence-corrected chi connectivity index (χ1v) is 11.8. The number of aromatic nitrogens is 4. The molecule has 2 heterocycles. The molecular weight excluding hydrogens is 400 g/mol. The van der Waals surface area contributed by atoms with Crippen LogP contribution in [0.3, 0.4) is 0 Å². The summed E-state index contributed by atoms with van der Waals surface area (Å²) in [6.45, 7) is 11.2. The number of rotatable bonds is 10. The molecule has 2 aromatic heterocycles. The van der Waals surface area contributed by atoms with Gasteiger partial charge in [-0.25, -0.2) is 8.72 Å². The van der Waals surface area contributed by atoms with Gasteiger partial charge < -0.3 is 8.92 Å². The van der Waals surface area contributed by atoms with Crippen LogP contribution in [0.25, 0.3) is 5.65 Å². The SMILES string of the molecule is CCCCOc1ccc(C)cc1OS(=O)CCCc1nnc2cc(C(C)(C)C)[nH]n12. The minimum atomic E-state index is -1.45. The quantitative estimate of drug-likeness (QED) is 0.477. The lowest BCUT2D eigenvalue weighted by Gasteiger charge is -2.15. The molecule has 0 bridgehead atoms. The van der Waals surface area contributed by atoms with Crippen molar-refractivity contribution in [3.63, 3.8) is 0 Å². The molecule has 0 aliphatic rings. The second-order valence-electron chi connectivity index (χ2n) is 8.58. The summed E-state index contributed by atoms with van der Waals surface area (Å²) in [6, 6.07) is 7.74. The number of aryl methyl sites for hydroxylation is 2. The molecule has 1 aromatic carbocycles. The van der Waals surface area contributed by atoms with Gasteiger partial charge in [0.1, 0.15) is 0 Å². The van der Waals surface area contributed by atoms with Gasteiger partial charge in [0.25, 0.3) is 0 Å². The minimum Gasteiger partial charge on any atom is -0.490 e. The molecule has 0 aliphatic heterocycles. The van der Waals surface area contributed by atoms with E-state index >= 15 is 0 Å². The summed E-state index contributed by atoms with van der Waals surface area (Å²) in [4.78, 5) is 0. The predicted octanol–water partition coefficient (Wildman–Crippen LogP) is 4.52. The van der Waals surface area contributed by atoms with Crippen LogP contribution in [0.5, 0.6) is 11.5 Å². The van der Waals surface area contributed by atoms with E-state index in [0.29, 0.717) is 36.7 Å². The fourth-order valence-electron chi connectivity index (χ4n) is 2.99. The monoisotopic (exact) mass is 432 g/mol. The van der Waals surface area contributed by atoms with Crippen molar-refractivity contribution in [3.8, 4) is 11.5 Å².